The number of hydrogen-bond donors (Lipinski definition) is 3. The molecule has 2 aromatic rings. The van der Waals surface area contributed by atoms with E-state index in [1.165, 1.54) is 12.8 Å². The number of nitrogens with one attached hydrogen (secondary N) is 3. The lowest BCUT2D eigenvalue weighted by Gasteiger charge is -2.13. The van der Waals surface area contributed by atoms with Crippen LogP contribution < -0.4 is 25.4 Å². The molecule has 0 saturated heterocycles. The summed E-state index contributed by atoms with van der Waals surface area (Å²) in [6.07, 6.45) is 2.54. The molecule has 1 fully saturated rings. The van der Waals surface area contributed by atoms with Gasteiger partial charge in [0.05, 0.1) is 20.3 Å². The molecule has 0 heterocycles. The normalized spacial score (nSPS) is 13.4. The van der Waals surface area contributed by atoms with Gasteiger partial charge in [-0.05, 0) is 56.0 Å². The number of nitrogens with zero attached hydrogens (tertiary/aromatic N) is 1. The number of amides is 1. The predicted octanol–water partition coefficient (Wildman–Crippen LogP) is 2.97. The molecule has 0 radical (unpaired) electrons. The molecule has 0 atom stereocenters. The summed E-state index contributed by atoms with van der Waals surface area (Å²) >= 11 is 0. The SMILES string of the molecule is CCNC(=NCc1ccccc1OCC1CC1)NCCNC(=O)c1ccc(OC)cc1. The molecule has 2 aromatic carbocycles. The lowest BCUT2D eigenvalue weighted by molar-refractivity contribution is 0.0954. The first kappa shape index (κ1) is 22.5. The zero-order chi connectivity index (χ0) is 21.9. The number of methoxy groups -OCH3 is 1. The number of benzene rings is 2. The van der Waals surface area contributed by atoms with E-state index in [-0.39, 0.29) is 5.91 Å². The smallest absolute Gasteiger partial charge is 0.251 e. The van der Waals surface area contributed by atoms with Crippen LogP contribution >= 0.6 is 0 Å². The Hall–Kier alpha value is -3.22. The van der Waals surface area contributed by atoms with Gasteiger partial charge in [-0.3, -0.25) is 4.79 Å². The average molecular weight is 425 g/mol. The van der Waals surface area contributed by atoms with Crippen LogP contribution in [0.25, 0.3) is 0 Å². The Bertz CT molecular complexity index is 863. The Morgan fingerprint density at radius 2 is 1.77 bits per heavy atom. The first-order valence-electron chi connectivity index (χ1n) is 10.8. The van der Waals surface area contributed by atoms with Crippen molar-refractivity contribution >= 4 is 11.9 Å². The third-order valence-electron chi connectivity index (χ3n) is 4.95. The average Bonchev–Trinajstić information content (AvgIpc) is 3.64. The van der Waals surface area contributed by atoms with Crippen molar-refractivity contribution in [3.8, 4) is 11.5 Å². The van der Waals surface area contributed by atoms with Gasteiger partial charge in [0.2, 0.25) is 0 Å². The molecule has 1 amide bonds. The van der Waals surface area contributed by atoms with Gasteiger partial charge >= 0.3 is 0 Å². The third-order valence-corrected chi connectivity index (χ3v) is 4.95. The van der Waals surface area contributed by atoms with Crippen molar-refractivity contribution in [3.05, 3.63) is 59.7 Å². The summed E-state index contributed by atoms with van der Waals surface area (Å²) < 4.78 is 11.1. The standard InChI is InChI=1S/C24H32N4O3/c1-3-25-24(27-15-14-26-23(29)19-10-12-21(30-2)13-11-19)28-16-20-6-4-5-7-22(20)31-17-18-8-9-18/h4-7,10-13,18H,3,8-9,14-17H2,1-2H3,(H,26,29)(H2,25,27,28). The fourth-order valence-electron chi connectivity index (χ4n) is 2.97. The van der Waals surface area contributed by atoms with Gasteiger partial charge in [0, 0.05) is 30.8 Å². The topological polar surface area (TPSA) is 84.0 Å². The van der Waals surface area contributed by atoms with Crippen LogP contribution in [0.5, 0.6) is 11.5 Å². The molecule has 1 aliphatic rings. The van der Waals surface area contributed by atoms with Gasteiger partial charge in [0.25, 0.3) is 5.91 Å². The van der Waals surface area contributed by atoms with E-state index in [1.54, 1.807) is 31.4 Å². The van der Waals surface area contributed by atoms with Gasteiger partial charge in [-0.25, -0.2) is 4.99 Å². The molecule has 0 aromatic heterocycles. The Morgan fingerprint density at radius 3 is 2.48 bits per heavy atom. The van der Waals surface area contributed by atoms with Crippen LogP contribution in [0.4, 0.5) is 0 Å². The second kappa shape index (κ2) is 11.8. The van der Waals surface area contributed by atoms with E-state index < -0.39 is 0 Å². The van der Waals surface area contributed by atoms with E-state index in [1.807, 2.05) is 31.2 Å². The predicted molar refractivity (Wildman–Crippen MR) is 123 cm³/mol. The number of guanidine groups is 1. The number of carbonyl (C=O) groups is 1. The fourth-order valence-corrected chi connectivity index (χ4v) is 2.97. The minimum absolute atomic E-state index is 0.117. The van der Waals surface area contributed by atoms with E-state index in [0.717, 1.165) is 30.2 Å². The molecular weight excluding hydrogens is 392 g/mol. The third kappa shape index (κ3) is 7.51. The van der Waals surface area contributed by atoms with Gasteiger partial charge in [0.1, 0.15) is 11.5 Å². The van der Waals surface area contributed by atoms with E-state index in [9.17, 15) is 4.79 Å². The Kier molecular flexibility index (Phi) is 8.58. The van der Waals surface area contributed by atoms with E-state index >= 15 is 0 Å². The summed E-state index contributed by atoms with van der Waals surface area (Å²) in [5.74, 6) is 2.93. The Balaban J connectivity index is 1.46. The van der Waals surface area contributed by atoms with Crippen LogP contribution in [-0.4, -0.2) is 45.2 Å². The van der Waals surface area contributed by atoms with Crippen LogP contribution in [0.15, 0.2) is 53.5 Å². The Labute approximate surface area is 184 Å². The molecule has 0 bridgehead atoms. The molecule has 1 aliphatic carbocycles. The quantitative estimate of drug-likeness (QED) is 0.293. The van der Waals surface area contributed by atoms with Crippen molar-refractivity contribution in [2.75, 3.05) is 33.4 Å². The monoisotopic (exact) mass is 424 g/mol. The first-order valence-corrected chi connectivity index (χ1v) is 10.8. The van der Waals surface area contributed by atoms with Crippen LogP contribution in [0.1, 0.15) is 35.7 Å². The van der Waals surface area contributed by atoms with Crippen molar-refractivity contribution in [2.24, 2.45) is 10.9 Å². The summed E-state index contributed by atoms with van der Waals surface area (Å²) in [4.78, 5) is 16.9. The summed E-state index contributed by atoms with van der Waals surface area (Å²) in [5.41, 5.74) is 1.66. The number of hydrogen-bond acceptors (Lipinski definition) is 4. The highest BCUT2D eigenvalue weighted by molar-refractivity contribution is 5.94. The number of para-hydroxylation sites is 1. The van der Waals surface area contributed by atoms with Crippen molar-refractivity contribution in [2.45, 2.75) is 26.3 Å². The van der Waals surface area contributed by atoms with Crippen LogP contribution in [0, 0.1) is 5.92 Å². The lowest BCUT2D eigenvalue weighted by Crippen LogP contribution is -2.41. The fraction of sp³-hybridized carbons (Fsp3) is 0.417. The molecule has 3 N–H and O–H groups in total. The maximum atomic E-state index is 12.2. The maximum absolute atomic E-state index is 12.2. The highest BCUT2D eigenvalue weighted by Crippen LogP contribution is 2.30. The highest BCUT2D eigenvalue weighted by Gasteiger charge is 2.22. The summed E-state index contributed by atoms with van der Waals surface area (Å²) in [6, 6.07) is 15.1. The number of rotatable bonds is 11. The van der Waals surface area contributed by atoms with Crippen molar-refractivity contribution in [1.82, 2.24) is 16.0 Å². The molecular formula is C24H32N4O3. The minimum atomic E-state index is -0.117. The van der Waals surface area contributed by atoms with Gasteiger partial charge in [-0.15, -0.1) is 0 Å². The molecule has 0 unspecified atom stereocenters. The number of aliphatic imine (C=N–C) groups is 1. The molecule has 31 heavy (non-hydrogen) atoms. The van der Waals surface area contributed by atoms with Crippen molar-refractivity contribution in [1.29, 1.82) is 0 Å². The summed E-state index contributed by atoms with van der Waals surface area (Å²) in [7, 11) is 1.60. The summed E-state index contributed by atoms with van der Waals surface area (Å²) in [5, 5.41) is 9.40. The van der Waals surface area contributed by atoms with Gasteiger partial charge in [-0.2, -0.15) is 0 Å². The molecule has 166 valence electrons. The molecule has 1 saturated carbocycles. The van der Waals surface area contributed by atoms with E-state index in [0.29, 0.717) is 37.1 Å². The van der Waals surface area contributed by atoms with Crippen molar-refractivity contribution < 1.29 is 14.3 Å². The maximum Gasteiger partial charge on any atom is 0.251 e. The molecule has 0 spiro atoms. The van der Waals surface area contributed by atoms with Crippen LogP contribution in [0.2, 0.25) is 0 Å². The first-order chi connectivity index (χ1) is 15.2. The summed E-state index contributed by atoms with van der Waals surface area (Å²) in [6.45, 7) is 5.13. The van der Waals surface area contributed by atoms with E-state index in [2.05, 4.69) is 20.9 Å². The van der Waals surface area contributed by atoms with Crippen molar-refractivity contribution in [3.63, 3.8) is 0 Å². The highest BCUT2D eigenvalue weighted by atomic mass is 16.5. The largest absolute Gasteiger partial charge is 0.497 e. The molecule has 7 nitrogen and oxygen atoms in total. The second-order valence-electron chi connectivity index (χ2n) is 7.47. The number of carbonyl (C=O) groups excluding carboxylic acids is 1. The van der Waals surface area contributed by atoms with Crippen LogP contribution in [0.3, 0.4) is 0 Å². The van der Waals surface area contributed by atoms with Crippen LogP contribution in [-0.2, 0) is 6.54 Å². The zero-order valence-corrected chi connectivity index (χ0v) is 18.3. The molecule has 0 aliphatic heterocycles. The minimum Gasteiger partial charge on any atom is -0.497 e. The van der Waals surface area contributed by atoms with Gasteiger partial charge in [-0.1, -0.05) is 18.2 Å². The lowest BCUT2D eigenvalue weighted by atomic mass is 10.2. The molecule has 7 heteroatoms. The Morgan fingerprint density at radius 1 is 1.03 bits per heavy atom. The molecule has 3 rings (SSSR count). The van der Waals surface area contributed by atoms with Gasteiger partial charge < -0.3 is 25.4 Å². The number of ether oxygens (including phenoxy) is 2. The second-order valence-corrected chi connectivity index (χ2v) is 7.47. The van der Waals surface area contributed by atoms with Gasteiger partial charge in [0.15, 0.2) is 5.96 Å². The van der Waals surface area contributed by atoms with E-state index in [4.69, 9.17) is 9.47 Å². The zero-order valence-electron chi connectivity index (χ0n) is 18.3.